The molecule has 5 nitrogen and oxygen atoms in total. The molecule has 0 aliphatic rings. The molecule has 0 aliphatic carbocycles. The van der Waals surface area contributed by atoms with E-state index >= 15 is 0 Å². The number of carbonyl (C=O) groups is 1. The van der Waals surface area contributed by atoms with E-state index in [1.807, 2.05) is 26.0 Å². The second-order valence-electron chi connectivity index (χ2n) is 4.53. The lowest BCUT2D eigenvalue weighted by atomic mass is 10.1. The highest BCUT2D eigenvalue weighted by Crippen LogP contribution is 2.10. The van der Waals surface area contributed by atoms with Gasteiger partial charge in [0.05, 0.1) is 6.04 Å². The van der Waals surface area contributed by atoms with Gasteiger partial charge in [-0.3, -0.25) is 15.1 Å². The predicted molar refractivity (Wildman–Crippen MR) is 74.8 cm³/mol. The van der Waals surface area contributed by atoms with Crippen molar-refractivity contribution in [2.24, 2.45) is 0 Å². The van der Waals surface area contributed by atoms with Crippen molar-refractivity contribution in [2.45, 2.75) is 32.4 Å². The molecule has 0 spiro atoms. The van der Waals surface area contributed by atoms with Crippen molar-refractivity contribution < 1.29 is 9.53 Å². The fourth-order valence-electron chi connectivity index (χ4n) is 1.78. The second kappa shape index (κ2) is 8.61. The van der Waals surface area contributed by atoms with E-state index in [0.29, 0.717) is 13.2 Å². The Bertz CT molecular complexity index is 370. The van der Waals surface area contributed by atoms with E-state index in [1.54, 1.807) is 19.5 Å². The molecule has 1 aromatic rings. The van der Waals surface area contributed by atoms with Crippen molar-refractivity contribution in [3.8, 4) is 0 Å². The zero-order chi connectivity index (χ0) is 14.1. The summed E-state index contributed by atoms with van der Waals surface area (Å²) >= 11 is 0. The summed E-state index contributed by atoms with van der Waals surface area (Å²) < 4.78 is 4.93. The monoisotopic (exact) mass is 265 g/mol. The molecule has 106 valence electrons. The number of hydrogen-bond donors (Lipinski definition) is 2. The van der Waals surface area contributed by atoms with Gasteiger partial charge in [0.25, 0.3) is 0 Å². The maximum Gasteiger partial charge on any atom is 0.236 e. The summed E-state index contributed by atoms with van der Waals surface area (Å²) in [6.45, 7) is 5.20. The SMILES string of the molecule is COCCCNC(=O)C(C)N[C@@H](C)c1ccncc1. The molecule has 0 saturated carbocycles. The summed E-state index contributed by atoms with van der Waals surface area (Å²) in [4.78, 5) is 15.8. The molecule has 1 amide bonds. The van der Waals surface area contributed by atoms with Gasteiger partial charge < -0.3 is 10.1 Å². The molecule has 0 aliphatic heterocycles. The predicted octanol–water partition coefficient (Wildman–Crippen LogP) is 1.27. The van der Waals surface area contributed by atoms with Crippen LogP contribution in [0, 0.1) is 0 Å². The van der Waals surface area contributed by atoms with Crippen molar-refractivity contribution >= 4 is 5.91 Å². The van der Waals surface area contributed by atoms with Crippen LogP contribution in [0.25, 0.3) is 0 Å². The highest BCUT2D eigenvalue weighted by molar-refractivity contribution is 5.81. The summed E-state index contributed by atoms with van der Waals surface area (Å²) in [6.07, 6.45) is 4.33. The Morgan fingerprint density at radius 3 is 2.68 bits per heavy atom. The van der Waals surface area contributed by atoms with Gasteiger partial charge in [0.1, 0.15) is 0 Å². The molecule has 0 aromatic carbocycles. The minimum atomic E-state index is -0.231. The number of ether oxygens (including phenoxy) is 1. The standard InChI is InChI=1S/C14H23N3O2/c1-11(13-5-8-15-9-6-13)17-12(2)14(18)16-7-4-10-19-3/h5-6,8-9,11-12,17H,4,7,10H2,1-3H3,(H,16,18)/t11-,12?/m0/s1. The maximum absolute atomic E-state index is 11.8. The van der Waals surface area contributed by atoms with Gasteiger partial charge in [-0.15, -0.1) is 0 Å². The van der Waals surface area contributed by atoms with Gasteiger partial charge in [-0.25, -0.2) is 0 Å². The number of hydrogen-bond acceptors (Lipinski definition) is 4. The van der Waals surface area contributed by atoms with Crippen LogP contribution in [0.4, 0.5) is 0 Å². The van der Waals surface area contributed by atoms with E-state index in [9.17, 15) is 4.79 Å². The average molecular weight is 265 g/mol. The Hall–Kier alpha value is -1.46. The Morgan fingerprint density at radius 2 is 2.05 bits per heavy atom. The maximum atomic E-state index is 11.8. The fraction of sp³-hybridized carbons (Fsp3) is 0.571. The summed E-state index contributed by atoms with van der Waals surface area (Å²) in [7, 11) is 1.66. The highest BCUT2D eigenvalue weighted by Gasteiger charge is 2.15. The first-order valence-corrected chi connectivity index (χ1v) is 6.57. The molecule has 0 radical (unpaired) electrons. The Morgan fingerprint density at radius 1 is 1.37 bits per heavy atom. The molecule has 0 saturated heterocycles. The zero-order valence-electron chi connectivity index (χ0n) is 11.8. The van der Waals surface area contributed by atoms with E-state index in [1.165, 1.54) is 0 Å². The van der Waals surface area contributed by atoms with E-state index in [0.717, 1.165) is 12.0 Å². The molecule has 1 aromatic heterocycles. The molecule has 19 heavy (non-hydrogen) atoms. The normalized spacial score (nSPS) is 13.8. The molecule has 0 fully saturated rings. The Labute approximate surface area is 114 Å². The Balaban J connectivity index is 2.33. The van der Waals surface area contributed by atoms with Gasteiger partial charge in [0.15, 0.2) is 0 Å². The first-order valence-electron chi connectivity index (χ1n) is 6.57. The lowest BCUT2D eigenvalue weighted by molar-refractivity contribution is -0.122. The highest BCUT2D eigenvalue weighted by atomic mass is 16.5. The van der Waals surface area contributed by atoms with Crippen molar-refractivity contribution in [1.82, 2.24) is 15.6 Å². The molecule has 1 unspecified atom stereocenters. The minimum Gasteiger partial charge on any atom is -0.385 e. The number of amides is 1. The Kier molecular flexibility index (Phi) is 7.07. The number of nitrogens with zero attached hydrogens (tertiary/aromatic N) is 1. The van der Waals surface area contributed by atoms with Crippen LogP contribution in [0.3, 0.4) is 0 Å². The zero-order valence-corrected chi connectivity index (χ0v) is 11.8. The summed E-state index contributed by atoms with van der Waals surface area (Å²) in [5.41, 5.74) is 1.12. The molecule has 5 heteroatoms. The van der Waals surface area contributed by atoms with Gasteiger partial charge in [-0.1, -0.05) is 0 Å². The van der Waals surface area contributed by atoms with Crippen LogP contribution in [-0.4, -0.2) is 37.2 Å². The van der Waals surface area contributed by atoms with Crippen LogP contribution in [0.2, 0.25) is 0 Å². The number of nitrogens with one attached hydrogen (secondary N) is 2. The van der Waals surface area contributed by atoms with Crippen LogP contribution < -0.4 is 10.6 Å². The van der Waals surface area contributed by atoms with Gasteiger partial charge in [-0.2, -0.15) is 0 Å². The van der Waals surface area contributed by atoms with Crippen LogP contribution >= 0.6 is 0 Å². The molecule has 1 heterocycles. The molecule has 0 bridgehead atoms. The number of carbonyl (C=O) groups excluding carboxylic acids is 1. The third-order valence-corrected chi connectivity index (χ3v) is 2.92. The molecule has 2 atom stereocenters. The number of pyridine rings is 1. The van der Waals surface area contributed by atoms with Crippen molar-refractivity contribution in [1.29, 1.82) is 0 Å². The number of rotatable bonds is 8. The average Bonchev–Trinajstić information content (AvgIpc) is 2.44. The summed E-state index contributed by atoms with van der Waals surface area (Å²) in [5.74, 6) is 0.0111. The molecule has 2 N–H and O–H groups in total. The van der Waals surface area contributed by atoms with E-state index < -0.39 is 0 Å². The van der Waals surface area contributed by atoms with Crippen LogP contribution in [0.1, 0.15) is 31.9 Å². The summed E-state index contributed by atoms with van der Waals surface area (Å²) in [6, 6.07) is 3.77. The van der Waals surface area contributed by atoms with E-state index in [4.69, 9.17) is 4.74 Å². The number of aromatic nitrogens is 1. The third-order valence-electron chi connectivity index (χ3n) is 2.92. The molecular weight excluding hydrogens is 242 g/mol. The van der Waals surface area contributed by atoms with Crippen LogP contribution in [-0.2, 0) is 9.53 Å². The smallest absolute Gasteiger partial charge is 0.236 e. The van der Waals surface area contributed by atoms with Crippen molar-refractivity contribution in [2.75, 3.05) is 20.3 Å². The quantitative estimate of drug-likeness (QED) is 0.695. The van der Waals surface area contributed by atoms with Gasteiger partial charge >= 0.3 is 0 Å². The first-order chi connectivity index (χ1) is 9.15. The minimum absolute atomic E-state index is 0.0111. The van der Waals surface area contributed by atoms with Gasteiger partial charge in [0.2, 0.25) is 5.91 Å². The van der Waals surface area contributed by atoms with Crippen LogP contribution in [0.15, 0.2) is 24.5 Å². The topological polar surface area (TPSA) is 63.2 Å². The largest absolute Gasteiger partial charge is 0.385 e. The van der Waals surface area contributed by atoms with Crippen molar-refractivity contribution in [3.05, 3.63) is 30.1 Å². The fourth-order valence-corrected chi connectivity index (χ4v) is 1.78. The first kappa shape index (κ1) is 15.6. The van der Waals surface area contributed by atoms with Gasteiger partial charge in [0, 0.05) is 38.7 Å². The third kappa shape index (κ3) is 5.81. The van der Waals surface area contributed by atoms with Crippen molar-refractivity contribution in [3.63, 3.8) is 0 Å². The molecule has 1 rings (SSSR count). The van der Waals surface area contributed by atoms with E-state index in [-0.39, 0.29) is 18.0 Å². The lowest BCUT2D eigenvalue weighted by Gasteiger charge is -2.19. The lowest BCUT2D eigenvalue weighted by Crippen LogP contribution is -2.43. The van der Waals surface area contributed by atoms with Crippen LogP contribution in [0.5, 0.6) is 0 Å². The summed E-state index contributed by atoms with van der Waals surface area (Å²) in [5, 5.41) is 6.15. The van der Waals surface area contributed by atoms with E-state index in [2.05, 4.69) is 15.6 Å². The molecular formula is C14H23N3O2. The number of methoxy groups -OCH3 is 1. The second-order valence-corrected chi connectivity index (χ2v) is 4.53. The van der Waals surface area contributed by atoms with Gasteiger partial charge in [-0.05, 0) is 38.0 Å².